The van der Waals surface area contributed by atoms with Crippen LogP contribution in [0.15, 0.2) is 53.0 Å². The van der Waals surface area contributed by atoms with Crippen molar-refractivity contribution in [1.29, 1.82) is 0 Å². The number of carbonyl (C=O) groups excluding carboxylic acids is 2. The SMILES string of the molecule is COc1ccc([C@@H](CNC(=O)CCNC(=O)c2ccc(Br)cc2)N(C)C)cc1. The molecule has 2 rings (SSSR count). The summed E-state index contributed by atoms with van der Waals surface area (Å²) < 4.78 is 6.10. The molecule has 0 bridgehead atoms. The van der Waals surface area contributed by atoms with Crippen molar-refractivity contribution in [3.05, 3.63) is 64.1 Å². The maximum absolute atomic E-state index is 12.2. The average Bonchev–Trinajstić information content (AvgIpc) is 2.68. The van der Waals surface area contributed by atoms with E-state index in [0.29, 0.717) is 12.1 Å². The summed E-state index contributed by atoms with van der Waals surface area (Å²) in [6, 6.07) is 14.9. The van der Waals surface area contributed by atoms with E-state index in [1.54, 1.807) is 19.2 Å². The third-order valence-corrected chi connectivity index (χ3v) is 4.89. The lowest BCUT2D eigenvalue weighted by Crippen LogP contribution is -2.36. The highest BCUT2D eigenvalue weighted by atomic mass is 79.9. The molecule has 0 fully saturated rings. The lowest BCUT2D eigenvalue weighted by atomic mass is 10.1. The van der Waals surface area contributed by atoms with Crippen molar-refractivity contribution in [3.8, 4) is 5.75 Å². The number of benzene rings is 2. The van der Waals surface area contributed by atoms with Crippen LogP contribution < -0.4 is 15.4 Å². The van der Waals surface area contributed by atoms with Gasteiger partial charge < -0.3 is 20.3 Å². The maximum Gasteiger partial charge on any atom is 0.251 e. The van der Waals surface area contributed by atoms with Gasteiger partial charge in [0.1, 0.15) is 5.75 Å². The average molecular weight is 448 g/mol. The summed E-state index contributed by atoms with van der Waals surface area (Å²) in [6.07, 6.45) is 0.227. The molecule has 0 aliphatic rings. The van der Waals surface area contributed by atoms with E-state index in [4.69, 9.17) is 4.74 Å². The molecule has 2 aromatic rings. The minimum Gasteiger partial charge on any atom is -0.497 e. The first kappa shape index (κ1) is 21.9. The molecule has 6 nitrogen and oxygen atoms in total. The van der Waals surface area contributed by atoms with Crippen molar-refractivity contribution in [3.63, 3.8) is 0 Å². The minimum absolute atomic E-state index is 0.0483. The smallest absolute Gasteiger partial charge is 0.251 e. The van der Waals surface area contributed by atoms with Gasteiger partial charge in [0, 0.05) is 29.5 Å². The van der Waals surface area contributed by atoms with Crippen molar-refractivity contribution < 1.29 is 14.3 Å². The van der Waals surface area contributed by atoms with Crippen LogP contribution in [0.2, 0.25) is 0 Å². The zero-order valence-electron chi connectivity index (χ0n) is 16.4. The Morgan fingerprint density at radius 2 is 1.68 bits per heavy atom. The van der Waals surface area contributed by atoms with Crippen molar-refractivity contribution in [1.82, 2.24) is 15.5 Å². The van der Waals surface area contributed by atoms with Crippen molar-refractivity contribution in [2.75, 3.05) is 34.3 Å². The summed E-state index contributed by atoms with van der Waals surface area (Å²) in [7, 11) is 5.58. The Morgan fingerprint density at radius 3 is 2.25 bits per heavy atom. The van der Waals surface area contributed by atoms with E-state index < -0.39 is 0 Å². The van der Waals surface area contributed by atoms with Crippen LogP contribution in [-0.2, 0) is 4.79 Å². The molecule has 0 heterocycles. The van der Waals surface area contributed by atoms with Crippen molar-refractivity contribution in [2.45, 2.75) is 12.5 Å². The predicted molar refractivity (Wildman–Crippen MR) is 114 cm³/mol. The summed E-state index contributed by atoms with van der Waals surface area (Å²) >= 11 is 3.33. The molecule has 0 radical (unpaired) electrons. The molecular formula is C21H26BrN3O3. The molecule has 0 aliphatic heterocycles. The summed E-state index contributed by atoms with van der Waals surface area (Å²) in [5, 5.41) is 5.71. The van der Waals surface area contributed by atoms with E-state index >= 15 is 0 Å². The lowest BCUT2D eigenvalue weighted by molar-refractivity contribution is -0.121. The molecule has 2 aromatic carbocycles. The van der Waals surface area contributed by atoms with Gasteiger partial charge in [0.2, 0.25) is 5.91 Å². The fourth-order valence-electron chi connectivity index (χ4n) is 2.72. The number of carbonyl (C=O) groups is 2. The molecule has 0 saturated carbocycles. The van der Waals surface area contributed by atoms with Crippen LogP contribution in [0.25, 0.3) is 0 Å². The molecular weight excluding hydrogens is 422 g/mol. The molecule has 150 valence electrons. The standard InChI is InChI=1S/C21H26BrN3O3/c1-25(2)19(15-6-10-18(28-3)11-7-15)14-24-20(26)12-13-23-21(27)16-4-8-17(22)9-5-16/h4-11,19H,12-14H2,1-3H3,(H,23,27)(H,24,26)/t19-/m1/s1. The van der Waals surface area contributed by atoms with Crippen molar-refractivity contribution in [2.24, 2.45) is 0 Å². The van der Waals surface area contributed by atoms with Gasteiger partial charge >= 0.3 is 0 Å². The quantitative estimate of drug-likeness (QED) is 0.619. The Balaban J connectivity index is 1.79. The van der Waals surface area contributed by atoms with E-state index in [2.05, 4.69) is 31.5 Å². The topological polar surface area (TPSA) is 70.7 Å². The van der Waals surface area contributed by atoms with Gasteiger partial charge in [-0.05, 0) is 56.1 Å². The van der Waals surface area contributed by atoms with E-state index in [1.165, 1.54) is 0 Å². The van der Waals surface area contributed by atoms with Crippen LogP contribution >= 0.6 is 15.9 Å². The Labute approximate surface area is 174 Å². The molecule has 0 aliphatic carbocycles. The number of nitrogens with one attached hydrogen (secondary N) is 2. The van der Waals surface area contributed by atoms with Gasteiger partial charge in [-0.2, -0.15) is 0 Å². The number of halogens is 1. The second-order valence-corrected chi connectivity index (χ2v) is 7.49. The fraction of sp³-hybridized carbons (Fsp3) is 0.333. The normalized spacial score (nSPS) is 11.8. The first-order valence-electron chi connectivity index (χ1n) is 9.01. The zero-order chi connectivity index (χ0) is 20.5. The Bertz CT molecular complexity index is 776. The van der Waals surface area contributed by atoms with Gasteiger partial charge in [0.25, 0.3) is 5.91 Å². The van der Waals surface area contributed by atoms with Crippen LogP contribution in [0.3, 0.4) is 0 Å². The van der Waals surface area contributed by atoms with Crippen LogP contribution in [0.1, 0.15) is 28.4 Å². The Morgan fingerprint density at radius 1 is 1.04 bits per heavy atom. The third kappa shape index (κ3) is 6.65. The number of likely N-dealkylation sites (N-methyl/N-ethyl adjacent to an activating group) is 1. The lowest BCUT2D eigenvalue weighted by Gasteiger charge is -2.25. The van der Waals surface area contributed by atoms with E-state index in [-0.39, 0.29) is 30.8 Å². The van der Waals surface area contributed by atoms with E-state index in [0.717, 1.165) is 15.8 Å². The van der Waals surface area contributed by atoms with Crippen LogP contribution in [0, 0.1) is 0 Å². The molecule has 1 atom stereocenters. The van der Waals surface area contributed by atoms with Gasteiger partial charge in [0.15, 0.2) is 0 Å². The molecule has 28 heavy (non-hydrogen) atoms. The monoisotopic (exact) mass is 447 g/mol. The number of ether oxygens (including phenoxy) is 1. The van der Waals surface area contributed by atoms with Crippen LogP contribution in [0.4, 0.5) is 0 Å². The molecule has 0 unspecified atom stereocenters. The van der Waals surface area contributed by atoms with Gasteiger partial charge in [0.05, 0.1) is 13.2 Å². The molecule has 0 saturated heterocycles. The number of amides is 2. The number of methoxy groups -OCH3 is 1. The van der Waals surface area contributed by atoms with Crippen molar-refractivity contribution >= 4 is 27.7 Å². The van der Waals surface area contributed by atoms with Gasteiger partial charge in [-0.15, -0.1) is 0 Å². The molecule has 0 aromatic heterocycles. The highest BCUT2D eigenvalue weighted by Gasteiger charge is 2.15. The zero-order valence-corrected chi connectivity index (χ0v) is 18.0. The number of nitrogens with zero attached hydrogens (tertiary/aromatic N) is 1. The van der Waals surface area contributed by atoms with E-state index in [1.807, 2.05) is 50.5 Å². The number of hydrogen-bond donors (Lipinski definition) is 2. The first-order valence-corrected chi connectivity index (χ1v) is 9.81. The second-order valence-electron chi connectivity index (χ2n) is 6.57. The molecule has 0 spiro atoms. The largest absolute Gasteiger partial charge is 0.497 e. The van der Waals surface area contributed by atoms with Crippen LogP contribution in [-0.4, -0.2) is 51.0 Å². The first-order chi connectivity index (χ1) is 13.4. The molecule has 2 N–H and O–H groups in total. The third-order valence-electron chi connectivity index (χ3n) is 4.36. The summed E-state index contributed by atoms with van der Waals surface area (Å²) in [5.74, 6) is 0.507. The van der Waals surface area contributed by atoms with Gasteiger partial charge in [-0.3, -0.25) is 9.59 Å². The van der Waals surface area contributed by atoms with E-state index in [9.17, 15) is 9.59 Å². The maximum atomic E-state index is 12.2. The Hall–Kier alpha value is -2.38. The summed E-state index contributed by atoms with van der Waals surface area (Å²) in [6.45, 7) is 0.773. The van der Waals surface area contributed by atoms with Gasteiger partial charge in [-0.1, -0.05) is 28.1 Å². The highest BCUT2D eigenvalue weighted by Crippen LogP contribution is 2.20. The van der Waals surface area contributed by atoms with Crippen LogP contribution in [0.5, 0.6) is 5.75 Å². The molecule has 2 amide bonds. The molecule has 7 heteroatoms. The number of hydrogen-bond acceptors (Lipinski definition) is 4. The summed E-state index contributed by atoms with van der Waals surface area (Å²) in [5.41, 5.74) is 1.66. The minimum atomic E-state index is -0.190. The Kier molecular flexibility index (Phi) is 8.47. The predicted octanol–water partition coefficient (Wildman–Crippen LogP) is 3.00. The fourth-order valence-corrected chi connectivity index (χ4v) is 2.98. The number of rotatable bonds is 9. The second kappa shape index (κ2) is 10.8. The highest BCUT2D eigenvalue weighted by molar-refractivity contribution is 9.10. The summed E-state index contributed by atoms with van der Waals surface area (Å²) in [4.78, 5) is 26.3. The van der Waals surface area contributed by atoms with Gasteiger partial charge in [-0.25, -0.2) is 0 Å².